The van der Waals surface area contributed by atoms with Crippen molar-refractivity contribution in [3.05, 3.63) is 33.8 Å². The van der Waals surface area contributed by atoms with Gasteiger partial charge in [-0.1, -0.05) is 13.0 Å². The van der Waals surface area contributed by atoms with Gasteiger partial charge in [0.25, 0.3) is 0 Å². The van der Waals surface area contributed by atoms with Gasteiger partial charge in [-0.15, -0.1) is 0 Å². The Hall–Kier alpha value is -1.16. The van der Waals surface area contributed by atoms with Gasteiger partial charge in [0.2, 0.25) is 0 Å². The van der Waals surface area contributed by atoms with E-state index < -0.39 is 5.97 Å². The lowest BCUT2D eigenvalue weighted by atomic mass is 10.1. The van der Waals surface area contributed by atoms with Crippen molar-refractivity contribution in [1.29, 1.82) is 0 Å². The lowest BCUT2D eigenvalue weighted by Crippen LogP contribution is -2.04. The van der Waals surface area contributed by atoms with E-state index in [4.69, 9.17) is 0 Å². The molecule has 0 aliphatic heterocycles. The van der Waals surface area contributed by atoms with Gasteiger partial charge in [-0.05, 0) is 28.1 Å². The number of methoxy groups -OCH3 is 1. The number of benzene rings is 1. The van der Waals surface area contributed by atoms with Crippen molar-refractivity contribution in [2.75, 3.05) is 7.11 Å². The van der Waals surface area contributed by atoms with Crippen LogP contribution >= 0.6 is 15.9 Å². The minimum Gasteiger partial charge on any atom is -0.465 e. The van der Waals surface area contributed by atoms with Crippen LogP contribution in [0.25, 0.3) is 0 Å². The topological polar surface area (TPSA) is 43.4 Å². The van der Waals surface area contributed by atoms with E-state index in [1.165, 1.54) is 7.11 Å². The molecule has 1 rings (SSSR count). The predicted octanol–water partition coefficient (Wildman–Crippen LogP) is 2.83. The molecular weight excluding hydrogens is 260 g/mol. The van der Waals surface area contributed by atoms with Gasteiger partial charge in [-0.3, -0.25) is 4.79 Å². The molecule has 0 saturated heterocycles. The predicted molar refractivity (Wildman–Crippen MR) is 60.1 cm³/mol. The summed E-state index contributed by atoms with van der Waals surface area (Å²) in [5.74, 6) is -0.371. The number of ketones is 1. The van der Waals surface area contributed by atoms with E-state index in [1.54, 1.807) is 25.1 Å². The van der Waals surface area contributed by atoms with E-state index in [0.717, 1.165) is 0 Å². The Morgan fingerprint density at radius 1 is 1.40 bits per heavy atom. The number of Topliss-reactive ketones (excluding diaryl/α,β-unsaturated/α-hetero) is 1. The van der Waals surface area contributed by atoms with Gasteiger partial charge in [-0.25, -0.2) is 4.79 Å². The summed E-state index contributed by atoms with van der Waals surface area (Å²) >= 11 is 3.23. The largest absolute Gasteiger partial charge is 0.465 e. The Balaban J connectivity index is 3.08. The van der Waals surface area contributed by atoms with Crippen molar-refractivity contribution in [1.82, 2.24) is 0 Å². The van der Waals surface area contributed by atoms with Crippen LogP contribution in [0.4, 0.5) is 0 Å². The van der Waals surface area contributed by atoms with Crippen molar-refractivity contribution in [2.45, 2.75) is 13.3 Å². The Labute approximate surface area is 96.6 Å². The second-order valence-electron chi connectivity index (χ2n) is 2.96. The lowest BCUT2D eigenvalue weighted by molar-refractivity contribution is 0.0599. The van der Waals surface area contributed by atoms with Crippen molar-refractivity contribution >= 4 is 27.7 Å². The Morgan fingerprint density at radius 2 is 2.07 bits per heavy atom. The molecule has 3 nitrogen and oxygen atoms in total. The zero-order valence-corrected chi connectivity index (χ0v) is 10.1. The first-order chi connectivity index (χ1) is 7.10. The first-order valence-corrected chi connectivity index (χ1v) is 5.30. The standard InChI is InChI=1S/C11H11BrO3/c1-3-10(13)7-4-5-8(9(12)6-7)11(14)15-2/h4-6H,3H2,1-2H3. The molecule has 1 aromatic rings. The van der Waals surface area contributed by atoms with Gasteiger partial charge in [0.15, 0.2) is 5.78 Å². The van der Waals surface area contributed by atoms with Crippen LogP contribution in [0.1, 0.15) is 34.1 Å². The second kappa shape index (κ2) is 5.07. The van der Waals surface area contributed by atoms with Crippen molar-refractivity contribution in [2.24, 2.45) is 0 Å². The van der Waals surface area contributed by atoms with Gasteiger partial charge in [0, 0.05) is 16.5 Å². The summed E-state index contributed by atoms with van der Waals surface area (Å²) in [7, 11) is 1.32. The van der Waals surface area contributed by atoms with Gasteiger partial charge >= 0.3 is 5.97 Å². The molecule has 1 aromatic carbocycles. The number of esters is 1. The third-order valence-corrected chi connectivity index (χ3v) is 2.67. The first-order valence-electron chi connectivity index (χ1n) is 4.51. The molecule has 0 saturated carbocycles. The van der Waals surface area contributed by atoms with Crippen LogP contribution in [0, 0.1) is 0 Å². The van der Waals surface area contributed by atoms with Crippen molar-refractivity contribution in [3.8, 4) is 0 Å². The molecule has 0 N–H and O–H groups in total. The van der Waals surface area contributed by atoms with Gasteiger partial charge in [0.05, 0.1) is 12.7 Å². The van der Waals surface area contributed by atoms with Gasteiger partial charge < -0.3 is 4.74 Å². The van der Waals surface area contributed by atoms with E-state index in [1.807, 2.05) is 0 Å². The molecule has 0 amide bonds. The Kier molecular flexibility index (Phi) is 4.03. The number of hydrogen-bond acceptors (Lipinski definition) is 3. The number of halogens is 1. The van der Waals surface area contributed by atoms with E-state index in [0.29, 0.717) is 22.0 Å². The van der Waals surface area contributed by atoms with Crippen LogP contribution in [0.3, 0.4) is 0 Å². The molecule has 0 bridgehead atoms. The fourth-order valence-electron chi connectivity index (χ4n) is 1.17. The average Bonchev–Trinajstić information content (AvgIpc) is 2.26. The second-order valence-corrected chi connectivity index (χ2v) is 3.82. The van der Waals surface area contributed by atoms with Gasteiger partial charge in [0.1, 0.15) is 0 Å². The van der Waals surface area contributed by atoms with Crippen LogP contribution < -0.4 is 0 Å². The summed E-state index contributed by atoms with van der Waals surface area (Å²) in [5.41, 5.74) is 1.02. The van der Waals surface area contributed by atoms with Crippen molar-refractivity contribution in [3.63, 3.8) is 0 Å². The quantitative estimate of drug-likeness (QED) is 0.627. The van der Waals surface area contributed by atoms with E-state index in [-0.39, 0.29) is 5.78 Å². The summed E-state index contributed by atoms with van der Waals surface area (Å²) in [5, 5.41) is 0. The maximum Gasteiger partial charge on any atom is 0.339 e. The van der Waals surface area contributed by atoms with E-state index in [2.05, 4.69) is 20.7 Å². The highest BCUT2D eigenvalue weighted by Gasteiger charge is 2.12. The number of carbonyl (C=O) groups excluding carboxylic acids is 2. The highest BCUT2D eigenvalue weighted by Crippen LogP contribution is 2.20. The number of hydrogen-bond donors (Lipinski definition) is 0. The SMILES string of the molecule is CCC(=O)c1ccc(C(=O)OC)c(Br)c1. The van der Waals surface area contributed by atoms with E-state index >= 15 is 0 Å². The highest BCUT2D eigenvalue weighted by atomic mass is 79.9. The summed E-state index contributed by atoms with van der Waals surface area (Å²) in [6.07, 6.45) is 0.448. The fraction of sp³-hybridized carbons (Fsp3) is 0.273. The third kappa shape index (κ3) is 2.65. The maximum absolute atomic E-state index is 11.4. The van der Waals surface area contributed by atoms with Crippen LogP contribution in [0.2, 0.25) is 0 Å². The molecule has 0 heterocycles. The zero-order chi connectivity index (χ0) is 11.4. The average molecular weight is 271 g/mol. The number of rotatable bonds is 3. The van der Waals surface area contributed by atoms with Crippen LogP contribution in [-0.2, 0) is 4.74 Å². The maximum atomic E-state index is 11.4. The Morgan fingerprint density at radius 3 is 2.53 bits per heavy atom. The summed E-state index contributed by atoms with van der Waals surface area (Å²) < 4.78 is 5.17. The summed E-state index contributed by atoms with van der Waals surface area (Å²) in [4.78, 5) is 22.6. The molecule has 0 fully saturated rings. The fourth-order valence-corrected chi connectivity index (χ4v) is 1.71. The molecular formula is C11H11BrO3. The zero-order valence-electron chi connectivity index (χ0n) is 8.54. The van der Waals surface area contributed by atoms with Crippen LogP contribution in [0.5, 0.6) is 0 Å². The smallest absolute Gasteiger partial charge is 0.339 e. The van der Waals surface area contributed by atoms with E-state index in [9.17, 15) is 9.59 Å². The normalized spacial score (nSPS) is 9.80. The molecule has 0 spiro atoms. The summed E-state index contributed by atoms with van der Waals surface area (Å²) in [6, 6.07) is 4.85. The number of carbonyl (C=O) groups is 2. The molecule has 4 heteroatoms. The molecule has 80 valence electrons. The molecule has 0 radical (unpaired) electrons. The molecule has 0 atom stereocenters. The molecule has 15 heavy (non-hydrogen) atoms. The molecule has 0 aromatic heterocycles. The number of ether oxygens (including phenoxy) is 1. The van der Waals surface area contributed by atoms with Gasteiger partial charge in [-0.2, -0.15) is 0 Å². The van der Waals surface area contributed by atoms with Crippen LogP contribution in [-0.4, -0.2) is 18.9 Å². The first kappa shape index (κ1) is 11.9. The van der Waals surface area contributed by atoms with Crippen molar-refractivity contribution < 1.29 is 14.3 Å². The highest BCUT2D eigenvalue weighted by molar-refractivity contribution is 9.10. The minimum atomic E-state index is -0.419. The molecule has 0 unspecified atom stereocenters. The molecule has 0 aliphatic rings. The third-order valence-electron chi connectivity index (χ3n) is 2.02. The summed E-state index contributed by atoms with van der Waals surface area (Å²) in [6.45, 7) is 1.80. The lowest BCUT2D eigenvalue weighted by Gasteiger charge is -2.04. The minimum absolute atomic E-state index is 0.0483. The molecule has 0 aliphatic carbocycles. The monoisotopic (exact) mass is 270 g/mol. The Bertz CT molecular complexity index is 399. The van der Waals surface area contributed by atoms with Crippen LogP contribution in [0.15, 0.2) is 22.7 Å².